The highest BCUT2D eigenvalue weighted by molar-refractivity contribution is 8.63. The molecule has 0 aliphatic heterocycles. The van der Waals surface area contributed by atoms with Gasteiger partial charge in [-0.25, -0.2) is 13.4 Å². The lowest BCUT2D eigenvalue weighted by molar-refractivity contribution is 0.607. The van der Waals surface area contributed by atoms with Gasteiger partial charge in [0.1, 0.15) is 0 Å². The van der Waals surface area contributed by atoms with Gasteiger partial charge < -0.3 is 0 Å². The molecular weight excluding hydrogens is 170 g/mol. The maximum absolute atomic E-state index is 10.6. The van der Waals surface area contributed by atoms with Gasteiger partial charge in [0.05, 0.1) is 0 Å². The van der Waals surface area contributed by atoms with Crippen LogP contribution in [0, 0.1) is 0 Å². The molecule has 5 heteroatoms. The molecule has 1 aromatic rings. The van der Waals surface area contributed by atoms with E-state index in [-0.39, 0.29) is 5.03 Å². The molecule has 0 bridgehead atoms. The van der Waals surface area contributed by atoms with E-state index < -0.39 is 8.87 Å². The van der Waals surface area contributed by atoms with Crippen LogP contribution in [0.4, 0.5) is 0 Å². The third kappa shape index (κ3) is 1.71. The SMILES string of the molecule is O=S(=O)(S)c1ccccn1. The minimum absolute atomic E-state index is 0.0154. The minimum atomic E-state index is -3.42. The summed E-state index contributed by atoms with van der Waals surface area (Å²) in [4.78, 5) is 3.59. The lowest BCUT2D eigenvalue weighted by Crippen LogP contribution is -1.92. The summed E-state index contributed by atoms with van der Waals surface area (Å²) in [6.07, 6.45) is 1.41. The Morgan fingerprint density at radius 1 is 1.40 bits per heavy atom. The average Bonchev–Trinajstić information content (AvgIpc) is 1.88. The predicted octanol–water partition coefficient (Wildman–Crippen LogP) is 0.700. The Kier molecular flexibility index (Phi) is 1.96. The van der Waals surface area contributed by atoms with E-state index >= 15 is 0 Å². The lowest BCUT2D eigenvalue weighted by Gasteiger charge is -1.91. The fourth-order valence-electron chi connectivity index (χ4n) is 0.500. The summed E-state index contributed by atoms with van der Waals surface area (Å²) in [5.74, 6) is 0. The number of thiol groups is 1. The summed E-state index contributed by atoms with van der Waals surface area (Å²) in [6.45, 7) is 0. The Morgan fingerprint density at radius 2 is 2.10 bits per heavy atom. The fraction of sp³-hybridized carbons (Fsp3) is 0. The van der Waals surface area contributed by atoms with Gasteiger partial charge in [-0.05, 0) is 23.8 Å². The van der Waals surface area contributed by atoms with E-state index in [1.807, 2.05) is 0 Å². The Bertz CT molecular complexity index is 306. The molecule has 0 saturated carbocycles. The Hall–Kier alpha value is -0.550. The van der Waals surface area contributed by atoms with E-state index in [4.69, 9.17) is 0 Å². The number of hydrogen-bond acceptors (Lipinski definition) is 3. The molecule has 3 nitrogen and oxygen atoms in total. The van der Waals surface area contributed by atoms with Crippen molar-refractivity contribution in [1.82, 2.24) is 4.98 Å². The second-order valence-electron chi connectivity index (χ2n) is 1.64. The Morgan fingerprint density at radius 3 is 2.40 bits per heavy atom. The highest BCUT2D eigenvalue weighted by Gasteiger charge is 2.06. The Labute approximate surface area is 63.8 Å². The van der Waals surface area contributed by atoms with Crippen LogP contribution in [0.2, 0.25) is 0 Å². The van der Waals surface area contributed by atoms with Gasteiger partial charge in [-0.1, -0.05) is 6.07 Å². The van der Waals surface area contributed by atoms with Crippen molar-refractivity contribution in [2.45, 2.75) is 5.03 Å². The minimum Gasteiger partial charge on any atom is -0.244 e. The van der Waals surface area contributed by atoms with Crippen LogP contribution >= 0.6 is 11.7 Å². The fourth-order valence-corrected chi connectivity index (χ4v) is 1.27. The van der Waals surface area contributed by atoms with Crippen LogP contribution in [0.1, 0.15) is 0 Å². The molecule has 0 spiro atoms. The van der Waals surface area contributed by atoms with Crippen LogP contribution in [0.3, 0.4) is 0 Å². The summed E-state index contributed by atoms with van der Waals surface area (Å²) in [5.41, 5.74) is 0. The van der Waals surface area contributed by atoms with Gasteiger partial charge in [0.25, 0.3) is 0 Å². The molecule has 1 aromatic heterocycles. The van der Waals surface area contributed by atoms with E-state index in [2.05, 4.69) is 16.6 Å². The first kappa shape index (κ1) is 7.56. The largest absolute Gasteiger partial charge is 0.244 e. The maximum atomic E-state index is 10.6. The van der Waals surface area contributed by atoms with Gasteiger partial charge in [-0.3, -0.25) is 0 Å². The highest BCUT2D eigenvalue weighted by Crippen LogP contribution is 2.08. The van der Waals surface area contributed by atoms with Crippen LogP contribution in [0.15, 0.2) is 29.4 Å². The van der Waals surface area contributed by atoms with Crippen molar-refractivity contribution < 1.29 is 8.42 Å². The van der Waals surface area contributed by atoms with E-state index in [1.54, 1.807) is 12.1 Å². The number of rotatable bonds is 1. The third-order valence-corrected chi connectivity index (χ3v) is 2.23. The van der Waals surface area contributed by atoms with Crippen LogP contribution in [-0.2, 0) is 8.87 Å². The molecule has 0 unspecified atom stereocenters. The zero-order valence-corrected chi connectivity index (χ0v) is 6.64. The monoisotopic (exact) mass is 175 g/mol. The zero-order valence-electron chi connectivity index (χ0n) is 4.93. The summed E-state index contributed by atoms with van der Waals surface area (Å²) >= 11 is 3.35. The predicted molar refractivity (Wildman–Crippen MR) is 40.4 cm³/mol. The molecule has 0 radical (unpaired) electrons. The van der Waals surface area contributed by atoms with Gasteiger partial charge in [-0.2, -0.15) is 0 Å². The smallest absolute Gasteiger partial charge is 0.244 e. The molecule has 0 atom stereocenters. The molecular formula is C5H5NO2S2. The molecule has 1 heterocycles. The molecule has 0 aliphatic carbocycles. The van der Waals surface area contributed by atoms with Crippen LogP contribution in [-0.4, -0.2) is 13.4 Å². The molecule has 1 rings (SSSR count). The summed E-state index contributed by atoms with van der Waals surface area (Å²) in [7, 11) is -3.42. The van der Waals surface area contributed by atoms with Crippen LogP contribution in [0.5, 0.6) is 0 Å². The van der Waals surface area contributed by atoms with Crippen molar-refractivity contribution in [3.8, 4) is 0 Å². The van der Waals surface area contributed by atoms with Gasteiger partial charge >= 0.3 is 0 Å². The summed E-state index contributed by atoms with van der Waals surface area (Å²) in [6, 6.07) is 4.63. The van der Waals surface area contributed by atoms with Crippen molar-refractivity contribution in [2.75, 3.05) is 0 Å². The number of pyridine rings is 1. The van der Waals surface area contributed by atoms with Gasteiger partial charge in [0, 0.05) is 6.20 Å². The second kappa shape index (κ2) is 2.59. The standard InChI is InChI=1S/C5H5NO2S2/c7-10(8,9)5-3-1-2-4-6-5/h1-4H,(H,7,8,9). The maximum Gasteiger partial charge on any atom is 0.244 e. The van der Waals surface area contributed by atoms with E-state index in [0.717, 1.165) is 0 Å². The molecule has 10 heavy (non-hydrogen) atoms. The highest BCUT2D eigenvalue weighted by atomic mass is 33.1. The molecule has 0 fully saturated rings. The number of hydrogen-bond donors (Lipinski definition) is 1. The van der Waals surface area contributed by atoms with Gasteiger partial charge in [-0.15, -0.1) is 0 Å². The molecule has 0 amide bonds. The van der Waals surface area contributed by atoms with E-state index in [1.165, 1.54) is 12.3 Å². The lowest BCUT2D eigenvalue weighted by atomic mass is 10.5. The van der Waals surface area contributed by atoms with Crippen molar-refractivity contribution in [3.05, 3.63) is 24.4 Å². The second-order valence-corrected chi connectivity index (χ2v) is 4.45. The van der Waals surface area contributed by atoms with Crippen LogP contribution in [0.25, 0.3) is 0 Å². The first-order valence-corrected chi connectivity index (χ1v) is 5.03. The quantitative estimate of drug-likeness (QED) is 0.505. The summed E-state index contributed by atoms with van der Waals surface area (Å²) in [5, 5.41) is -0.0154. The molecule has 0 aromatic carbocycles. The Balaban J connectivity index is 3.22. The first-order chi connectivity index (χ1) is 4.61. The van der Waals surface area contributed by atoms with Crippen molar-refractivity contribution in [3.63, 3.8) is 0 Å². The van der Waals surface area contributed by atoms with Crippen molar-refractivity contribution in [1.29, 1.82) is 0 Å². The topological polar surface area (TPSA) is 47.0 Å². The normalized spacial score (nSPS) is 11.3. The van der Waals surface area contributed by atoms with Crippen LogP contribution < -0.4 is 0 Å². The summed E-state index contributed by atoms with van der Waals surface area (Å²) < 4.78 is 21.3. The van der Waals surface area contributed by atoms with E-state index in [9.17, 15) is 8.42 Å². The number of nitrogens with zero attached hydrogens (tertiary/aromatic N) is 1. The molecule has 54 valence electrons. The third-order valence-electron chi connectivity index (χ3n) is 0.902. The molecule has 0 N–H and O–H groups in total. The van der Waals surface area contributed by atoms with Gasteiger partial charge in [0.2, 0.25) is 8.87 Å². The number of aromatic nitrogens is 1. The molecule has 0 saturated heterocycles. The van der Waals surface area contributed by atoms with Gasteiger partial charge in [0.15, 0.2) is 5.03 Å². The van der Waals surface area contributed by atoms with Crippen molar-refractivity contribution >= 4 is 20.5 Å². The first-order valence-electron chi connectivity index (χ1n) is 2.49. The average molecular weight is 175 g/mol. The van der Waals surface area contributed by atoms with Crippen molar-refractivity contribution in [2.24, 2.45) is 0 Å². The van der Waals surface area contributed by atoms with E-state index in [0.29, 0.717) is 0 Å². The zero-order chi connectivity index (χ0) is 7.61. The molecule has 0 aliphatic rings.